The highest BCUT2D eigenvalue weighted by atomic mass is 15.3. The van der Waals surface area contributed by atoms with Crippen LogP contribution in [0.4, 0.5) is 5.82 Å². The van der Waals surface area contributed by atoms with Crippen molar-refractivity contribution in [1.29, 1.82) is 5.26 Å². The summed E-state index contributed by atoms with van der Waals surface area (Å²) in [5.74, 6) is 0.415. The Bertz CT molecular complexity index is 1180. The highest BCUT2D eigenvalue weighted by Gasteiger charge is 2.17. The first-order chi connectivity index (χ1) is 13.7. The van der Waals surface area contributed by atoms with Gasteiger partial charge >= 0.3 is 0 Å². The van der Waals surface area contributed by atoms with Crippen molar-refractivity contribution in [3.05, 3.63) is 78.4 Å². The van der Waals surface area contributed by atoms with E-state index in [0.29, 0.717) is 11.4 Å². The Morgan fingerprint density at radius 1 is 0.929 bits per heavy atom. The van der Waals surface area contributed by atoms with E-state index in [1.807, 2.05) is 78.1 Å². The Kier molecular flexibility index (Phi) is 4.61. The van der Waals surface area contributed by atoms with Crippen molar-refractivity contribution in [2.24, 2.45) is 4.99 Å². The van der Waals surface area contributed by atoms with E-state index in [-0.39, 0.29) is 0 Å². The number of nitrogens with zero attached hydrogens (tertiary/aromatic N) is 5. The molecule has 0 N–H and O–H groups in total. The van der Waals surface area contributed by atoms with Crippen molar-refractivity contribution in [3.63, 3.8) is 0 Å². The Labute approximate surface area is 163 Å². The molecule has 2 aromatic carbocycles. The van der Waals surface area contributed by atoms with Gasteiger partial charge in [0.25, 0.3) is 0 Å². The summed E-state index contributed by atoms with van der Waals surface area (Å²) in [6.45, 7) is 0. The molecular weight excluding hydrogens is 346 g/mol. The van der Waals surface area contributed by atoms with Crippen molar-refractivity contribution < 1.29 is 0 Å². The Morgan fingerprint density at radius 2 is 1.57 bits per heavy atom. The molecule has 0 amide bonds. The SMILES string of the molecule is CN(C)C=Nc1nn2c(-c3ccccc3)cc(-c3ccccc3)cc2c1C#N. The quantitative estimate of drug-likeness (QED) is 0.387. The predicted octanol–water partition coefficient (Wildman–Crippen LogP) is 4.76. The Balaban J connectivity index is 2.03. The number of fused-ring (bicyclic) bond motifs is 1. The number of aromatic nitrogens is 2. The third-order valence-corrected chi connectivity index (χ3v) is 4.41. The molecule has 0 saturated carbocycles. The molecule has 0 aliphatic carbocycles. The largest absolute Gasteiger partial charge is 0.369 e. The zero-order valence-electron chi connectivity index (χ0n) is 15.7. The molecule has 0 atom stereocenters. The molecule has 2 aromatic heterocycles. The molecule has 28 heavy (non-hydrogen) atoms. The minimum Gasteiger partial charge on any atom is -0.369 e. The molecule has 136 valence electrons. The van der Waals surface area contributed by atoms with Crippen LogP contribution in [0.3, 0.4) is 0 Å². The van der Waals surface area contributed by atoms with Crippen molar-refractivity contribution >= 4 is 17.7 Å². The van der Waals surface area contributed by atoms with Gasteiger partial charge in [-0.2, -0.15) is 5.26 Å². The number of aliphatic imine (C=N–C) groups is 1. The van der Waals surface area contributed by atoms with E-state index in [2.05, 4.69) is 34.4 Å². The maximum absolute atomic E-state index is 9.80. The lowest BCUT2D eigenvalue weighted by Gasteiger charge is -2.09. The van der Waals surface area contributed by atoms with Crippen LogP contribution in [-0.4, -0.2) is 34.9 Å². The van der Waals surface area contributed by atoms with E-state index in [9.17, 15) is 5.26 Å². The molecule has 0 spiro atoms. The van der Waals surface area contributed by atoms with Gasteiger partial charge < -0.3 is 4.90 Å². The minimum absolute atomic E-state index is 0.415. The molecule has 4 rings (SSSR count). The first kappa shape index (κ1) is 17.5. The fraction of sp³-hybridized carbons (Fsp3) is 0.0870. The van der Waals surface area contributed by atoms with Gasteiger partial charge in [-0.25, -0.2) is 9.51 Å². The van der Waals surface area contributed by atoms with Crippen LogP contribution >= 0.6 is 0 Å². The van der Waals surface area contributed by atoms with E-state index in [1.54, 1.807) is 6.34 Å². The first-order valence-corrected chi connectivity index (χ1v) is 8.95. The normalized spacial score (nSPS) is 11.0. The zero-order chi connectivity index (χ0) is 19.5. The summed E-state index contributed by atoms with van der Waals surface area (Å²) in [5.41, 5.74) is 5.28. The fourth-order valence-corrected chi connectivity index (χ4v) is 3.11. The monoisotopic (exact) mass is 365 g/mol. The van der Waals surface area contributed by atoms with E-state index in [1.165, 1.54) is 0 Å². The van der Waals surface area contributed by atoms with Crippen LogP contribution in [0.25, 0.3) is 27.9 Å². The number of pyridine rings is 1. The molecule has 2 heterocycles. The molecule has 0 unspecified atom stereocenters. The van der Waals surface area contributed by atoms with Crippen LogP contribution in [0.5, 0.6) is 0 Å². The molecular formula is C23H19N5. The molecule has 5 nitrogen and oxygen atoms in total. The Hall–Kier alpha value is -3.91. The molecule has 0 aliphatic heterocycles. The van der Waals surface area contributed by atoms with Gasteiger partial charge in [-0.3, -0.25) is 0 Å². The summed E-state index contributed by atoms with van der Waals surface area (Å²) in [6, 6.07) is 26.6. The molecule has 0 aliphatic rings. The van der Waals surface area contributed by atoms with Gasteiger partial charge in [0.1, 0.15) is 11.6 Å². The number of hydrogen-bond acceptors (Lipinski definition) is 3. The maximum Gasteiger partial charge on any atom is 0.194 e. The molecule has 5 heteroatoms. The summed E-state index contributed by atoms with van der Waals surface area (Å²) in [5, 5.41) is 14.4. The van der Waals surface area contributed by atoms with E-state index >= 15 is 0 Å². The van der Waals surface area contributed by atoms with Crippen molar-refractivity contribution in [3.8, 4) is 28.5 Å². The summed E-state index contributed by atoms with van der Waals surface area (Å²) in [6.07, 6.45) is 1.66. The molecule has 0 bridgehead atoms. The minimum atomic E-state index is 0.415. The molecule has 4 aromatic rings. The first-order valence-electron chi connectivity index (χ1n) is 8.95. The second-order valence-electron chi connectivity index (χ2n) is 6.68. The highest BCUT2D eigenvalue weighted by Crippen LogP contribution is 2.32. The van der Waals surface area contributed by atoms with Crippen LogP contribution in [0.15, 0.2) is 77.8 Å². The molecule has 0 fully saturated rings. The van der Waals surface area contributed by atoms with Gasteiger partial charge in [0, 0.05) is 19.7 Å². The van der Waals surface area contributed by atoms with Gasteiger partial charge in [-0.15, -0.1) is 5.10 Å². The second kappa shape index (κ2) is 7.37. The van der Waals surface area contributed by atoms with Crippen LogP contribution in [0, 0.1) is 11.3 Å². The van der Waals surface area contributed by atoms with Crippen molar-refractivity contribution in [1.82, 2.24) is 14.5 Å². The summed E-state index contributed by atoms with van der Waals surface area (Å²) in [4.78, 5) is 6.22. The fourth-order valence-electron chi connectivity index (χ4n) is 3.11. The zero-order valence-corrected chi connectivity index (χ0v) is 15.7. The summed E-state index contributed by atoms with van der Waals surface area (Å²) in [7, 11) is 3.77. The van der Waals surface area contributed by atoms with Gasteiger partial charge in [-0.1, -0.05) is 60.7 Å². The number of hydrogen-bond donors (Lipinski definition) is 0. The number of nitriles is 1. The number of benzene rings is 2. The third-order valence-electron chi connectivity index (χ3n) is 4.41. The van der Waals surface area contributed by atoms with E-state index < -0.39 is 0 Å². The third kappa shape index (κ3) is 3.24. The smallest absolute Gasteiger partial charge is 0.194 e. The van der Waals surface area contributed by atoms with Crippen LogP contribution in [0.1, 0.15) is 5.56 Å². The lowest BCUT2D eigenvalue weighted by molar-refractivity contribution is 0.643. The molecule has 0 saturated heterocycles. The van der Waals surface area contributed by atoms with E-state index in [0.717, 1.165) is 27.9 Å². The topological polar surface area (TPSA) is 56.7 Å². The van der Waals surface area contributed by atoms with Crippen LogP contribution in [0.2, 0.25) is 0 Å². The lowest BCUT2D eigenvalue weighted by atomic mass is 10.0. The standard InChI is InChI=1S/C23H19N5/c1-27(2)16-25-23-20(15-24)22-14-19(17-9-5-3-6-10-17)13-21(28(22)26-23)18-11-7-4-8-12-18/h3-14,16H,1-2H3. The summed E-state index contributed by atoms with van der Waals surface area (Å²) >= 11 is 0. The van der Waals surface area contributed by atoms with Gasteiger partial charge in [-0.05, 0) is 23.3 Å². The van der Waals surface area contributed by atoms with E-state index in [4.69, 9.17) is 0 Å². The maximum atomic E-state index is 9.80. The van der Waals surface area contributed by atoms with Crippen molar-refractivity contribution in [2.45, 2.75) is 0 Å². The average molecular weight is 365 g/mol. The van der Waals surface area contributed by atoms with Crippen LogP contribution < -0.4 is 0 Å². The molecule has 0 radical (unpaired) electrons. The van der Waals surface area contributed by atoms with Gasteiger partial charge in [0.15, 0.2) is 5.82 Å². The van der Waals surface area contributed by atoms with Crippen molar-refractivity contribution in [2.75, 3.05) is 14.1 Å². The summed E-state index contributed by atoms with van der Waals surface area (Å²) < 4.78 is 1.81. The highest BCUT2D eigenvalue weighted by molar-refractivity contribution is 5.82. The second-order valence-corrected chi connectivity index (χ2v) is 6.68. The van der Waals surface area contributed by atoms with Crippen LogP contribution in [-0.2, 0) is 0 Å². The van der Waals surface area contributed by atoms with Gasteiger partial charge in [0.05, 0.1) is 17.5 Å². The predicted molar refractivity (Wildman–Crippen MR) is 113 cm³/mol. The average Bonchev–Trinajstić information content (AvgIpc) is 3.10. The number of rotatable bonds is 4. The van der Waals surface area contributed by atoms with Gasteiger partial charge in [0.2, 0.25) is 0 Å². The lowest BCUT2D eigenvalue weighted by Crippen LogP contribution is -2.07. The Morgan fingerprint density at radius 3 is 2.18 bits per heavy atom.